The molecule has 6 heteroatoms. The molecule has 0 spiro atoms. The van der Waals surface area contributed by atoms with Crippen molar-refractivity contribution in [3.05, 3.63) is 49.9 Å². The van der Waals surface area contributed by atoms with Crippen LogP contribution in [-0.4, -0.2) is 35.5 Å². The predicted octanol–water partition coefficient (Wildman–Crippen LogP) is 4.63. The first-order chi connectivity index (χ1) is 11.9. The van der Waals surface area contributed by atoms with Gasteiger partial charge in [0.15, 0.2) is 0 Å². The topological polar surface area (TPSA) is 42.4 Å². The minimum Gasteiger partial charge on any atom is -0.370 e. The van der Waals surface area contributed by atoms with E-state index in [1.54, 1.807) is 0 Å². The minimum absolute atomic E-state index is 0.0749. The van der Waals surface area contributed by atoms with Crippen molar-refractivity contribution in [3.63, 3.8) is 0 Å². The number of morpholine rings is 1. The largest absolute Gasteiger partial charge is 0.370 e. The lowest BCUT2D eigenvalue weighted by atomic mass is 10.1. The van der Waals surface area contributed by atoms with E-state index in [-0.39, 0.29) is 12.0 Å². The van der Waals surface area contributed by atoms with Crippen LogP contribution in [0.25, 0.3) is 0 Å². The van der Waals surface area contributed by atoms with Crippen LogP contribution in [0.15, 0.2) is 28.7 Å². The van der Waals surface area contributed by atoms with Gasteiger partial charge in [-0.2, -0.15) is 0 Å². The van der Waals surface area contributed by atoms with Crippen LogP contribution in [0.2, 0.25) is 0 Å². The highest BCUT2D eigenvalue weighted by atomic mass is 79.9. The smallest absolute Gasteiger partial charge is 0.266 e. The summed E-state index contributed by atoms with van der Waals surface area (Å²) in [5.74, 6) is 0.620. The molecule has 1 aliphatic heterocycles. The summed E-state index contributed by atoms with van der Waals surface area (Å²) in [5, 5.41) is 1.05. The van der Waals surface area contributed by atoms with Crippen molar-refractivity contribution in [2.45, 2.75) is 33.3 Å². The highest BCUT2D eigenvalue weighted by Crippen LogP contribution is 2.27. The first kappa shape index (κ1) is 18.5. The third-order valence-electron chi connectivity index (χ3n) is 4.21. The molecule has 2 heterocycles. The Labute approximate surface area is 161 Å². The predicted molar refractivity (Wildman–Crippen MR) is 104 cm³/mol. The Bertz CT molecular complexity index is 742. The van der Waals surface area contributed by atoms with Crippen molar-refractivity contribution in [2.24, 2.45) is 5.92 Å². The highest BCUT2D eigenvalue weighted by Gasteiger charge is 2.28. The number of aryl methyl sites for hydroxylation is 1. The number of amides is 1. The van der Waals surface area contributed by atoms with E-state index in [4.69, 9.17) is 4.74 Å². The summed E-state index contributed by atoms with van der Waals surface area (Å²) >= 11 is 4.99. The maximum absolute atomic E-state index is 13.0. The van der Waals surface area contributed by atoms with Gasteiger partial charge in [-0.15, -0.1) is 11.3 Å². The number of ether oxygens (including phenoxy) is 1. The van der Waals surface area contributed by atoms with Crippen molar-refractivity contribution in [3.8, 4) is 0 Å². The van der Waals surface area contributed by atoms with Crippen LogP contribution >= 0.6 is 27.3 Å². The molecule has 134 valence electrons. The fourth-order valence-electron chi connectivity index (χ4n) is 2.94. The first-order valence-electron chi connectivity index (χ1n) is 8.56. The Hall–Kier alpha value is -1.24. The molecule has 1 saturated heterocycles. The molecule has 1 fully saturated rings. The maximum atomic E-state index is 13.0. The van der Waals surface area contributed by atoms with E-state index in [9.17, 15) is 4.79 Å². The second-order valence-corrected chi connectivity index (χ2v) is 8.78. The number of rotatable bonds is 4. The third kappa shape index (κ3) is 4.49. The molecule has 1 unspecified atom stereocenters. The molecule has 2 aromatic rings. The van der Waals surface area contributed by atoms with Crippen molar-refractivity contribution in [1.82, 2.24) is 9.88 Å². The van der Waals surface area contributed by atoms with E-state index in [0.717, 1.165) is 32.0 Å². The van der Waals surface area contributed by atoms with Gasteiger partial charge in [0.1, 0.15) is 11.0 Å². The molecule has 4 nitrogen and oxygen atoms in total. The molecule has 0 saturated carbocycles. The average molecular weight is 423 g/mol. The van der Waals surface area contributed by atoms with Gasteiger partial charge >= 0.3 is 0 Å². The minimum atomic E-state index is -0.0749. The average Bonchev–Trinajstić information content (AvgIpc) is 2.94. The van der Waals surface area contributed by atoms with Gasteiger partial charge < -0.3 is 9.64 Å². The number of thiazole rings is 1. The summed E-state index contributed by atoms with van der Waals surface area (Å²) in [5.41, 5.74) is 1.94. The molecule has 1 aromatic carbocycles. The SMILES string of the molecule is Cc1nc(CC(C)C)sc1C(=O)N1CCOC(c2ccc(Br)cc2)C1. The summed E-state index contributed by atoms with van der Waals surface area (Å²) in [6.07, 6.45) is 0.845. The number of hydrogen-bond acceptors (Lipinski definition) is 4. The van der Waals surface area contributed by atoms with Gasteiger partial charge in [0.25, 0.3) is 5.91 Å². The van der Waals surface area contributed by atoms with E-state index in [1.807, 2.05) is 36.1 Å². The zero-order valence-corrected chi connectivity index (χ0v) is 17.2. The molecule has 0 aliphatic carbocycles. The van der Waals surface area contributed by atoms with Crippen LogP contribution in [0.5, 0.6) is 0 Å². The Kier molecular flexibility index (Phi) is 5.92. The van der Waals surface area contributed by atoms with Crippen LogP contribution in [-0.2, 0) is 11.2 Å². The van der Waals surface area contributed by atoms with E-state index in [0.29, 0.717) is 25.6 Å². The number of aromatic nitrogens is 1. The van der Waals surface area contributed by atoms with Crippen molar-refractivity contribution >= 4 is 33.2 Å². The van der Waals surface area contributed by atoms with Crippen molar-refractivity contribution in [1.29, 1.82) is 0 Å². The van der Waals surface area contributed by atoms with Crippen LogP contribution in [0, 0.1) is 12.8 Å². The summed E-state index contributed by atoms with van der Waals surface area (Å²) in [4.78, 5) is 20.2. The molecule has 1 atom stereocenters. The number of hydrogen-bond donors (Lipinski definition) is 0. The molecule has 1 aliphatic rings. The molecule has 0 bridgehead atoms. The number of carbonyl (C=O) groups excluding carboxylic acids is 1. The maximum Gasteiger partial charge on any atom is 0.266 e. The van der Waals surface area contributed by atoms with Crippen molar-refractivity contribution < 1.29 is 9.53 Å². The van der Waals surface area contributed by atoms with Crippen LogP contribution in [0.3, 0.4) is 0 Å². The van der Waals surface area contributed by atoms with Crippen molar-refractivity contribution in [2.75, 3.05) is 19.7 Å². The van der Waals surface area contributed by atoms with Gasteiger partial charge in [0.2, 0.25) is 0 Å². The van der Waals surface area contributed by atoms with E-state index < -0.39 is 0 Å². The fraction of sp³-hybridized carbons (Fsp3) is 0.474. The first-order valence-corrected chi connectivity index (χ1v) is 10.2. The van der Waals surface area contributed by atoms with Crippen LogP contribution in [0.1, 0.15) is 45.9 Å². The summed E-state index contributed by atoms with van der Waals surface area (Å²) in [6, 6.07) is 8.10. The van der Waals surface area contributed by atoms with Crippen LogP contribution < -0.4 is 0 Å². The number of carbonyl (C=O) groups is 1. The Balaban J connectivity index is 1.73. The van der Waals surface area contributed by atoms with Crippen LogP contribution in [0.4, 0.5) is 0 Å². The van der Waals surface area contributed by atoms with E-state index >= 15 is 0 Å². The summed E-state index contributed by atoms with van der Waals surface area (Å²) in [7, 11) is 0. The number of halogens is 1. The zero-order valence-electron chi connectivity index (χ0n) is 14.8. The number of nitrogens with zero attached hydrogens (tertiary/aromatic N) is 2. The Morgan fingerprint density at radius 2 is 2.12 bits per heavy atom. The molecule has 0 N–H and O–H groups in total. The second kappa shape index (κ2) is 7.98. The lowest BCUT2D eigenvalue weighted by Crippen LogP contribution is -2.42. The third-order valence-corrected chi connectivity index (χ3v) is 5.91. The van der Waals surface area contributed by atoms with Gasteiger partial charge in [0.05, 0.1) is 23.9 Å². The van der Waals surface area contributed by atoms with E-state index in [2.05, 4.69) is 34.8 Å². The Morgan fingerprint density at radius 1 is 1.40 bits per heavy atom. The standard InChI is InChI=1S/C19H23BrN2O2S/c1-12(2)10-17-21-13(3)18(25-17)19(23)22-8-9-24-16(11-22)14-4-6-15(20)7-5-14/h4-7,12,16H,8-11H2,1-3H3. The fourth-order valence-corrected chi connectivity index (χ4v) is 4.45. The van der Waals surface area contributed by atoms with Gasteiger partial charge in [0, 0.05) is 17.4 Å². The Morgan fingerprint density at radius 3 is 2.80 bits per heavy atom. The van der Waals surface area contributed by atoms with Gasteiger partial charge in [-0.1, -0.05) is 41.9 Å². The summed E-state index contributed by atoms with van der Waals surface area (Å²) in [6.45, 7) is 8.04. The second-order valence-electron chi connectivity index (χ2n) is 6.78. The van der Waals surface area contributed by atoms with Gasteiger partial charge in [-0.25, -0.2) is 4.98 Å². The molecule has 25 heavy (non-hydrogen) atoms. The molecule has 3 rings (SSSR count). The molecule has 0 radical (unpaired) electrons. The summed E-state index contributed by atoms with van der Waals surface area (Å²) < 4.78 is 6.93. The highest BCUT2D eigenvalue weighted by molar-refractivity contribution is 9.10. The molecule has 1 aromatic heterocycles. The molecular formula is C19H23BrN2O2S. The zero-order chi connectivity index (χ0) is 18.0. The lowest BCUT2D eigenvalue weighted by molar-refractivity contribution is -0.0227. The molecular weight excluding hydrogens is 400 g/mol. The van der Waals surface area contributed by atoms with E-state index in [1.165, 1.54) is 11.3 Å². The monoisotopic (exact) mass is 422 g/mol. The molecule has 1 amide bonds. The normalized spacial score (nSPS) is 18.0. The lowest BCUT2D eigenvalue weighted by Gasteiger charge is -2.33. The number of benzene rings is 1. The quantitative estimate of drug-likeness (QED) is 0.721. The van der Waals surface area contributed by atoms with Gasteiger partial charge in [-0.05, 0) is 30.5 Å². The van der Waals surface area contributed by atoms with Gasteiger partial charge in [-0.3, -0.25) is 4.79 Å².